The zero-order chi connectivity index (χ0) is 15.2. The minimum Gasteiger partial charge on any atom is -0.395 e. The Morgan fingerprint density at radius 3 is 2.95 bits per heavy atom. The molecule has 1 N–H and O–H groups in total. The molecule has 0 aliphatic heterocycles. The van der Waals surface area contributed by atoms with Gasteiger partial charge in [-0.05, 0) is 6.42 Å². The number of aliphatic hydroxyl groups is 1. The second-order valence-electron chi connectivity index (χ2n) is 4.62. The van der Waals surface area contributed by atoms with Crippen LogP contribution < -0.4 is 5.56 Å². The lowest BCUT2D eigenvalue weighted by Gasteiger charge is -2.20. The number of nitrogens with zero attached hydrogens (tertiary/aromatic N) is 4. The molecule has 0 unspecified atom stereocenters. The predicted molar refractivity (Wildman–Crippen MR) is 80.8 cm³/mol. The molecule has 21 heavy (non-hydrogen) atoms. The molecular formula is C13H20N4O3S. The van der Waals surface area contributed by atoms with Crippen molar-refractivity contribution in [1.82, 2.24) is 19.5 Å². The van der Waals surface area contributed by atoms with Gasteiger partial charge in [0, 0.05) is 32.8 Å². The van der Waals surface area contributed by atoms with E-state index in [-0.39, 0.29) is 12.2 Å². The summed E-state index contributed by atoms with van der Waals surface area (Å²) in [7, 11) is 1.64. The monoisotopic (exact) mass is 312 g/mol. The van der Waals surface area contributed by atoms with E-state index in [1.807, 2.05) is 11.8 Å². The molecule has 0 amide bonds. The Morgan fingerprint density at radius 2 is 2.29 bits per heavy atom. The zero-order valence-electron chi connectivity index (χ0n) is 12.3. The number of aliphatic hydroxyl groups excluding tert-OH is 1. The van der Waals surface area contributed by atoms with E-state index in [9.17, 15) is 4.79 Å². The van der Waals surface area contributed by atoms with Crippen molar-refractivity contribution in [3.8, 4) is 0 Å². The van der Waals surface area contributed by atoms with E-state index < -0.39 is 0 Å². The highest BCUT2D eigenvalue weighted by Gasteiger charge is 2.11. The van der Waals surface area contributed by atoms with Crippen molar-refractivity contribution in [3.63, 3.8) is 0 Å². The summed E-state index contributed by atoms with van der Waals surface area (Å²) < 4.78 is 6.40. The molecule has 2 rings (SSSR count). The Bertz CT molecular complexity index is 640. The minimum absolute atomic E-state index is 0.0610. The second-order valence-corrected chi connectivity index (χ2v) is 5.66. The van der Waals surface area contributed by atoms with Crippen LogP contribution in [0.3, 0.4) is 0 Å². The van der Waals surface area contributed by atoms with Gasteiger partial charge in [-0.15, -0.1) is 0 Å². The first-order valence-electron chi connectivity index (χ1n) is 6.88. The van der Waals surface area contributed by atoms with Gasteiger partial charge in [-0.3, -0.25) is 9.69 Å². The third-order valence-electron chi connectivity index (χ3n) is 3.06. The highest BCUT2D eigenvalue weighted by Crippen LogP contribution is 2.12. The molecule has 0 aliphatic rings. The van der Waals surface area contributed by atoms with Gasteiger partial charge in [-0.25, -0.2) is 4.98 Å². The van der Waals surface area contributed by atoms with E-state index in [2.05, 4.69) is 10.1 Å². The van der Waals surface area contributed by atoms with Crippen LogP contribution in [0.4, 0.5) is 0 Å². The van der Waals surface area contributed by atoms with Crippen LogP contribution in [0, 0.1) is 0 Å². The Kier molecular flexibility index (Phi) is 5.80. The van der Waals surface area contributed by atoms with Crippen molar-refractivity contribution in [2.45, 2.75) is 19.9 Å². The highest BCUT2D eigenvalue weighted by atomic mass is 32.1. The highest BCUT2D eigenvalue weighted by molar-refractivity contribution is 7.16. The summed E-state index contributed by atoms with van der Waals surface area (Å²) in [6.45, 7) is 4.34. The molecule has 2 aromatic rings. The number of fused-ring (bicyclic) bond motifs is 1. The lowest BCUT2D eigenvalue weighted by Crippen LogP contribution is -2.31. The molecule has 0 saturated carbocycles. The molecule has 0 aromatic carbocycles. The standard InChI is InChI=1S/C13H20N4O3S/c1-3-11-15-17-12(19)8-10(14-13(17)21-11)9-16(4-6-18)5-7-20-2/h8,18H,3-7,9H2,1-2H3. The van der Waals surface area contributed by atoms with Gasteiger partial charge in [0.2, 0.25) is 4.96 Å². The molecule has 2 aromatic heterocycles. The van der Waals surface area contributed by atoms with E-state index in [1.165, 1.54) is 21.9 Å². The molecule has 7 nitrogen and oxygen atoms in total. The zero-order valence-corrected chi connectivity index (χ0v) is 13.1. The molecule has 2 heterocycles. The average Bonchev–Trinajstić information content (AvgIpc) is 2.89. The molecule has 0 aliphatic carbocycles. The summed E-state index contributed by atoms with van der Waals surface area (Å²) in [5.41, 5.74) is 0.525. The Morgan fingerprint density at radius 1 is 1.48 bits per heavy atom. The average molecular weight is 312 g/mol. The molecular weight excluding hydrogens is 292 g/mol. The fourth-order valence-corrected chi connectivity index (χ4v) is 2.84. The molecule has 0 fully saturated rings. The number of rotatable bonds is 8. The van der Waals surface area contributed by atoms with Crippen LogP contribution in [-0.2, 0) is 17.7 Å². The van der Waals surface area contributed by atoms with Crippen molar-refractivity contribution in [2.24, 2.45) is 0 Å². The van der Waals surface area contributed by atoms with Crippen molar-refractivity contribution in [1.29, 1.82) is 0 Å². The number of hydrogen-bond acceptors (Lipinski definition) is 7. The topological polar surface area (TPSA) is 80.0 Å². The molecule has 0 spiro atoms. The summed E-state index contributed by atoms with van der Waals surface area (Å²) in [6, 6.07) is 1.50. The number of aromatic nitrogens is 3. The number of methoxy groups -OCH3 is 1. The SMILES string of the molecule is CCc1nn2c(=O)cc(CN(CCO)CCOC)nc2s1. The maximum absolute atomic E-state index is 12.1. The van der Waals surface area contributed by atoms with Gasteiger partial charge in [-0.2, -0.15) is 9.61 Å². The molecule has 0 radical (unpaired) electrons. The van der Waals surface area contributed by atoms with Crippen LogP contribution in [0.1, 0.15) is 17.6 Å². The summed E-state index contributed by atoms with van der Waals surface area (Å²) in [4.78, 5) is 19.2. The first-order chi connectivity index (χ1) is 10.2. The van der Waals surface area contributed by atoms with Crippen LogP contribution in [0.5, 0.6) is 0 Å². The summed E-state index contributed by atoms with van der Waals surface area (Å²) >= 11 is 1.43. The van der Waals surface area contributed by atoms with Gasteiger partial charge in [-0.1, -0.05) is 18.3 Å². The molecule has 0 saturated heterocycles. The van der Waals surface area contributed by atoms with Crippen LogP contribution in [0.25, 0.3) is 4.96 Å². The lowest BCUT2D eigenvalue weighted by atomic mass is 10.3. The van der Waals surface area contributed by atoms with E-state index in [4.69, 9.17) is 9.84 Å². The van der Waals surface area contributed by atoms with E-state index in [1.54, 1.807) is 7.11 Å². The quantitative estimate of drug-likeness (QED) is 0.748. The molecule has 0 bridgehead atoms. The normalized spacial score (nSPS) is 11.6. The molecule has 8 heteroatoms. The van der Waals surface area contributed by atoms with Gasteiger partial charge in [0.1, 0.15) is 5.01 Å². The van der Waals surface area contributed by atoms with Crippen LogP contribution in [0.2, 0.25) is 0 Å². The van der Waals surface area contributed by atoms with Gasteiger partial charge < -0.3 is 9.84 Å². The van der Waals surface area contributed by atoms with Crippen molar-refractivity contribution >= 4 is 16.3 Å². The smallest absolute Gasteiger partial charge is 0.275 e. The summed E-state index contributed by atoms with van der Waals surface area (Å²) in [5.74, 6) is 0. The third-order valence-corrected chi connectivity index (χ3v) is 4.11. The second kappa shape index (κ2) is 7.60. The lowest BCUT2D eigenvalue weighted by molar-refractivity contribution is 0.126. The Hall–Kier alpha value is -1.35. The Labute approximate surface area is 126 Å². The van der Waals surface area contributed by atoms with Crippen LogP contribution >= 0.6 is 11.3 Å². The summed E-state index contributed by atoms with van der Waals surface area (Å²) in [6.07, 6.45) is 0.785. The maximum Gasteiger partial charge on any atom is 0.275 e. The number of hydrogen-bond donors (Lipinski definition) is 1. The van der Waals surface area contributed by atoms with Crippen molar-refractivity contribution in [3.05, 3.63) is 27.1 Å². The molecule has 116 valence electrons. The molecule has 0 atom stereocenters. The Balaban J connectivity index is 2.22. The predicted octanol–water partition coefficient (Wildman–Crippen LogP) is 0.154. The van der Waals surface area contributed by atoms with Crippen molar-refractivity contribution < 1.29 is 9.84 Å². The number of ether oxygens (including phenoxy) is 1. The first-order valence-corrected chi connectivity index (χ1v) is 7.70. The van der Waals surface area contributed by atoms with Crippen LogP contribution in [-0.4, -0.2) is 58.0 Å². The van der Waals surface area contributed by atoms with Crippen molar-refractivity contribution in [2.75, 3.05) is 33.4 Å². The van der Waals surface area contributed by atoms with Crippen LogP contribution in [0.15, 0.2) is 10.9 Å². The summed E-state index contributed by atoms with van der Waals surface area (Å²) in [5, 5.41) is 14.2. The fourth-order valence-electron chi connectivity index (χ4n) is 1.98. The maximum atomic E-state index is 12.1. The first kappa shape index (κ1) is 16.0. The van der Waals surface area contributed by atoms with Gasteiger partial charge in [0.15, 0.2) is 0 Å². The van der Waals surface area contributed by atoms with Gasteiger partial charge in [0.25, 0.3) is 5.56 Å². The van der Waals surface area contributed by atoms with Gasteiger partial charge >= 0.3 is 0 Å². The minimum atomic E-state index is -0.165. The van der Waals surface area contributed by atoms with Gasteiger partial charge in [0.05, 0.1) is 18.9 Å². The third kappa shape index (κ3) is 4.07. The number of aryl methyl sites for hydroxylation is 1. The van der Waals surface area contributed by atoms with E-state index in [0.29, 0.717) is 36.9 Å². The van der Waals surface area contributed by atoms with E-state index >= 15 is 0 Å². The van der Waals surface area contributed by atoms with E-state index in [0.717, 1.165) is 11.4 Å². The largest absolute Gasteiger partial charge is 0.395 e. The fraction of sp³-hybridized carbons (Fsp3) is 0.615.